The lowest BCUT2D eigenvalue weighted by atomic mass is 9.87. The van der Waals surface area contributed by atoms with Crippen molar-refractivity contribution in [2.24, 2.45) is 0 Å². The summed E-state index contributed by atoms with van der Waals surface area (Å²) in [7, 11) is 0. The molecule has 1 heterocycles. The Hall–Kier alpha value is -1.32. The molecule has 0 saturated carbocycles. The molecule has 0 bridgehead atoms. The predicted molar refractivity (Wildman–Crippen MR) is 82.8 cm³/mol. The standard InChI is InChI=1S/C15H16Cl2N2O/c1-15(2,3)11-6-4-10(5-7-11)8-19-9-18-13(17)12(16)14(19)20/h4-7,9H,8H2,1-3H3. The highest BCUT2D eigenvalue weighted by Gasteiger charge is 2.13. The van der Waals surface area contributed by atoms with Crippen molar-refractivity contribution in [3.05, 3.63) is 62.2 Å². The number of hydrogen-bond acceptors (Lipinski definition) is 2. The molecule has 0 aliphatic heterocycles. The van der Waals surface area contributed by atoms with Crippen LogP contribution in [0.25, 0.3) is 0 Å². The van der Waals surface area contributed by atoms with Gasteiger partial charge in [-0.3, -0.25) is 9.36 Å². The molecule has 1 aromatic carbocycles. The van der Waals surface area contributed by atoms with Crippen molar-refractivity contribution >= 4 is 23.2 Å². The van der Waals surface area contributed by atoms with Crippen molar-refractivity contribution in [2.45, 2.75) is 32.7 Å². The van der Waals surface area contributed by atoms with Crippen LogP contribution < -0.4 is 5.56 Å². The monoisotopic (exact) mass is 310 g/mol. The van der Waals surface area contributed by atoms with Gasteiger partial charge in [0, 0.05) is 0 Å². The molecule has 0 fully saturated rings. The van der Waals surface area contributed by atoms with E-state index in [-0.39, 0.29) is 21.2 Å². The second kappa shape index (κ2) is 5.58. The molecule has 0 unspecified atom stereocenters. The third-order valence-electron chi connectivity index (χ3n) is 3.11. The highest BCUT2D eigenvalue weighted by molar-refractivity contribution is 6.40. The summed E-state index contributed by atoms with van der Waals surface area (Å²) in [5.41, 5.74) is 2.05. The summed E-state index contributed by atoms with van der Waals surface area (Å²) in [4.78, 5) is 15.8. The lowest BCUT2D eigenvalue weighted by Crippen LogP contribution is -2.21. The maximum absolute atomic E-state index is 11.9. The van der Waals surface area contributed by atoms with Crippen LogP contribution in [-0.4, -0.2) is 9.55 Å². The van der Waals surface area contributed by atoms with Crippen LogP contribution in [0.4, 0.5) is 0 Å². The largest absolute Gasteiger partial charge is 0.293 e. The minimum absolute atomic E-state index is 0.0380. The van der Waals surface area contributed by atoms with Gasteiger partial charge in [-0.25, -0.2) is 4.98 Å². The van der Waals surface area contributed by atoms with E-state index in [2.05, 4.69) is 37.9 Å². The van der Waals surface area contributed by atoms with Crippen molar-refractivity contribution in [1.29, 1.82) is 0 Å². The number of hydrogen-bond donors (Lipinski definition) is 0. The minimum atomic E-state index is -0.327. The highest BCUT2D eigenvalue weighted by atomic mass is 35.5. The second-order valence-corrected chi connectivity index (χ2v) is 6.47. The zero-order valence-corrected chi connectivity index (χ0v) is 13.2. The maximum atomic E-state index is 11.9. The maximum Gasteiger partial charge on any atom is 0.273 e. The van der Waals surface area contributed by atoms with Crippen molar-refractivity contribution < 1.29 is 0 Å². The number of nitrogens with zero attached hydrogens (tertiary/aromatic N) is 2. The summed E-state index contributed by atoms with van der Waals surface area (Å²) in [5, 5.41) is -0.00326. The van der Waals surface area contributed by atoms with Crippen LogP contribution in [0.5, 0.6) is 0 Å². The summed E-state index contributed by atoms with van der Waals surface area (Å²) in [5.74, 6) is 0. The SMILES string of the molecule is CC(C)(C)c1ccc(Cn2cnc(Cl)c(Cl)c2=O)cc1. The number of halogens is 2. The predicted octanol–water partition coefficient (Wildman–Crippen LogP) is 3.90. The third-order valence-corrected chi connectivity index (χ3v) is 3.84. The van der Waals surface area contributed by atoms with Gasteiger partial charge in [0.25, 0.3) is 5.56 Å². The van der Waals surface area contributed by atoms with Crippen LogP contribution in [-0.2, 0) is 12.0 Å². The number of aromatic nitrogens is 2. The van der Waals surface area contributed by atoms with Crippen LogP contribution >= 0.6 is 23.2 Å². The summed E-state index contributed by atoms with van der Waals surface area (Å²) >= 11 is 11.5. The van der Waals surface area contributed by atoms with Gasteiger partial charge in [-0.1, -0.05) is 68.2 Å². The quantitative estimate of drug-likeness (QED) is 0.789. The van der Waals surface area contributed by atoms with Crippen LogP contribution in [0.3, 0.4) is 0 Å². The molecule has 106 valence electrons. The number of benzene rings is 1. The molecule has 0 saturated heterocycles. The molecule has 2 rings (SSSR count). The van der Waals surface area contributed by atoms with Crippen LogP contribution in [0, 0.1) is 0 Å². The molecule has 0 amide bonds. The smallest absolute Gasteiger partial charge is 0.273 e. The Kier molecular flexibility index (Phi) is 4.21. The number of rotatable bonds is 2. The van der Waals surface area contributed by atoms with E-state index in [1.807, 2.05) is 12.1 Å². The normalized spacial score (nSPS) is 11.7. The molecule has 0 aliphatic carbocycles. The average Bonchev–Trinajstić information content (AvgIpc) is 2.39. The van der Waals surface area contributed by atoms with Gasteiger partial charge in [-0.2, -0.15) is 0 Å². The van der Waals surface area contributed by atoms with Gasteiger partial charge in [0.05, 0.1) is 12.9 Å². The van der Waals surface area contributed by atoms with Gasteiger partial charge in [0.15, 0.2) is 5.15 Å². The van der Waals surface area contributed by atoms with Crippen molar-refractivity contribution in [3.8, 4) is 0 Å². The van der Waals surface area contributed by atoms with Gasteiger partial charge in [-0.05, 0) is 16.5 Å². The second-order valence-electron chi connectivity index (χ2n) is 5.73. The van der Waals surface area contributed by atoms with Crippen LogP contribution in [0.2, 0.25) is 10.2 Å². The fourth-order valence-corrected chi connectivity index (χ4v) is 2.15. The zero-order chi connectivity index (χ0) is 14.9. The van der Waals surface area contributed by atoms with E-state index >= 15 is 0 Å². The molecule has 2 aromatic rings. The van der Waals surface area contributed by atoms with E-state index < -0.39 is 0 Å². The molecule has 0 N–H and O–H groups in total. The van der Waals surface area contributed by atoms with E-state index in [0.717, 1.165) is 5.56 Å². The average molecular weight is 311 g/mol. The zero-order valence-electron chi connectivity index (χ0n) is 11.7. The molecule has 5 heteroatoms. The first-order valence-electron chi connectivity index (χ1n) is 6.29. The van der Waals surface area contributed by atoms with Gasteiger partial charge < -0.3 is 0 Å². The van der Waals surface area contributed by atoms with Gasteiger partial charge >= 0.3 is 0 Å². The van der Waals surface area contributed by atoms with Crippen molar-refractivity contribution in [1.82, 2.24) is 9.55 Å². The van der Waals surface area contributed by atoms with Crippen molar-refractivity contribution in [2.75, 3.05) is 0 Å². The molecule has 0 radical (unpaired) electrons. The summed E-state index contributed by atoms with van der Waals surface area (Å²) in [6.45, 7) is 6.91. The Morgan fingerprint density at radius 3 is 2.30 bits per heavy atom. The first-order valence-corrected chi connectivity index (χ1v) is 7.04. The molecule has 1 aromatic heterocycles. The summed E-state index contributed by atoms with van der Waals surface area (Å²) < 4.78 is 1.44. The molecular formula is C15H16Cl2N2O. The van der Waals surface area contributed by atoms with E-state index in [1.54, 1.807) is 0 Å². The van der Waals surface area contributed by atoms with Crippen molar-refractivity contribution in [3.63, 3.8) is 0 Å². The Balaban J connectivity index is 2.28. The van der Waals surface area contributed by atoms with Gasteiger partial charge in [0.2, 0.25) is 0 Å². The first kappa shape index (κ1) is 15.1. The Morgan fingerprint density at radius 2 is 1.75 bits per heavy atom. The fraction of sp³-hybridized carbons (Fsp3) is 0.333. The highest BCUT2D eigenvalue weighted by Crippen LogP contribution is 2.22. The topological polar surface area (TPSA) is 34.9 Å². The molecule has 20 heavy (non-hydrogen) atoms. The molecular weight excluding hydrogens is 295 g/mol. The third kappa shape index (κ3) is 3.22. The van der Waals surface area contributed by atoms with E-state index in [4.69, 9.17) is 23.2 Å². The summed E-state index contributed by atoms with van der Waals surface area (Å²) in [6.07, 6.45) is 1.41. The molecule has 0 atom stereocenters. The van der Waals surface area contributed by atoms with Gasteiger partial charge in [-0.15, -0.1) is 0 Å². The molecule has 3 nitrogen and oxygen atoms in total. The summed E-state index contributed by atoms with van der Waals surface area (Å²) in [6, 6.07) is 8.17. The first-order chi connectivity index (χ1) is 9.29. The minimum Gasteiger partial charge on any atom is -0.293 e. The lowest BCUT2D eigenvalue weighted by Gasteiger charge is -2.19. The Bertz CT molecular complexity index is 670. The van der Waals surface area contributed by atoms with Crippen LogP contribution in [0.1, 0.15) is 31.9 Å². The molecule has 0 spiro atoms. The Morgan fingerprint density at radius 1 is 1.15 bits per heavy atom. The Labute approximate surface area is 128 Å². The van der Waals surface area contributed by atoms with E-state index in [1.165, 1.54) is 16.5 Å². The fourth-order valence-electron chi connectivity index (χ4n) is 1.86. The van der Waals surface area contributed by atoms with Gasteiger partial charge in [0.1, 0.15) is 5.02 Å². The van der Waals surface area contributed by atoms with E-state index in [9.17, 15) is 4.79 Å². The lowest BCUT2D eigenvalue weighted by molar-refractivity contribution is 0.589. The van der Waals surface area contributed by atoms with Crippen LogP contribution in [0.15, 0.2) is 35.4 Å². The van der Waals surface area contributed by atoms with E-state index in [0.29, 0.717) is 6.54 Å². The molecule has 0 aliphatic rings.